The number of thiophene rings is 1. The van der Waals surface area contributed by atoms with Gasteiger partial charge in [-0.2, -0.15) is 5.10 Å². The lowest BCUT2D eigenvalue weighted by Crippen LogP contribution is -2.30. The van der Waals surface area contributed by atoms with E-state index in [2.05, 4.69) is 48.8 Å². The van der Waals surface area contributed by atoms with Gasteiger partial charge in [0, 0.05) is 23.7 Å². The molecule has 1 atom stereocenters. The minimum absolute atomic E-state index is 0.427. The van der Waals surface area contributed by atoms with E-state index < -0.39 is 0 Å². The fourth-order valence-corrected chi connectivity index (χ4v) is 2.62. The minimum Gasteiger partial charge on any atom is -0.308 e. The van der Waals surface area contributed by atoms with Crippen LogP contribution in [-0.2, 0) is 13.1 Å². The van der Waals surface area contributed by atoms with Gasteiger partial charge in [-0.1, -0.05) is 0 Å². The fraction of sp³-hybridized carbons (Fsp3) is 0.462. The third kappa shape index (κ3) is 3.41. The van der Waals surface area contributed by atoms with Gasteiger partial charge in [0.1, 0.15) is 0 Å². The first-order valence-corrected chi connectivity index (χ1v) is 6.78. The van der Waals surface area contributed by atoms with Crippen LogP contribution in [0.4, 0.5) is 0 Å². The molecule has 0 aliphatic carbocycles. The van der Waals surface area contributed by atoms with Crippen molar-refractivity contribution in [2.24, 2.45) is 0 Å². The Morgan fingerprint density at radius 2 is 2.29 bits per heavy atom. The summed E-state index contributed by atoms with van der Waals surface area (Å²) in [6, 6.07) is 2.60. The van der Waals surface area contributed by atoms with Crippen LogP contribution in [0.15, 0.2) is 23.8 Å². The Bertz CT molecular complexity index is 472. The van der Waals surface area contributed by atoms with Gasteiger partial charge in [0.2, 0.25) is 0 Å². The highest BCUT2D eigenvalue weighted by molar-refractivity contribution is 7.10. The standard InChI is InChI=1S/C13H19N3S/c1-10-6-15-16(8-10)9-12(3)14-7-13-11(2)4-5-17-13/h4-6,8,12,14H,7,9H2,1-3H3/t12-/m1/s1. The zero-order valence-corrected chi connectivity index (χ0v) is 11.4. The number of nitrogens with one attached hydrogen (secondary N) is 1. The van der Waals surface area contributed by atoms with Gasteiger partial charge in [0.25, 0.3) is 0 Å². The predicted molar refractivity (Wildman–Crippen MR) is 72.3 cm³/mol. The van der Waals surface area contributed by atoms with Crippen LogP contribution in [0.1, 0.15) is 22.9 Å². The van der Waals surface area contributed by atoms with Crippen LogP contribution in [0.3, 0.4) is 0 Å². The van der Waals surface area contributed by atoms with Crippen LogP contribution < -0.4 is 5.32 Å². The summed E-state index contributed by atoms with van der Waals surface area (Å²) >= 11 is 1.82. The lowest BCUT2D eigenvalue weighted by atomic mass is 10.2. The molecule has 1 N–H and O–H groups in total. The Kier molecular flexibility index (Phi) is 3.97. The number of nitrogens with zero attached hydrogens (tertiary/aromatic N) is 2. The van der Waals surface area contributed by atoms with E-state index in [4.69, 9.17) is 0 Å². The second kappa shape index (κ2) is 5.47. The van der Waals surface area contributed by atoms with Crippen molar-refractivity contribution in [3.63, 3.8) is 0 Å². The van der Waals surface area contributed by atoms with E-state index in [-0.39, 0.29) is 0 Å². The normalized spacial score (nSPS) is 12.9. The number of aromatic nitrogens is 2. The molecule has 0 radical (unpaired) electrons. The van der Waals surface area contributed by atoms with E-state index in [1.807, 2.05) is 22.2 Å². The van der Waals surface area contributed by atoms with Gasteiger partial charge in [-0.3, -0.25) is 4.68 Å². The predicted octanol–water partition coefficient (Wildman–Crippen LogP) is 2.74. The van der Waals surface area contributed by atoms with Crippen LogP contribution in [0.2, 0.25) is 0 Å². The molecule has 0 fully saturated rings. The van der Waals surface area contributed by atoms with Crippen molar-refractivity contribution in [3.05, 3.63) is 39.8 Å². The van der Waals surface area contributed by atoms with Crippen LogP contribution in [0.25, 0.3) is 0 Å². The average Bonchev–Trinajstić information content (AvgIpc) is 2.85. The Labute approximate surface area is 106 Å². The van der Waals surface area contributed by atoms with Gasteiger partial charge in [-0.25, -0.2) is 0 Å². The first kappa shape index (κ1) is 12.3. The molecule has 2 aromatic rings. The molecule has 0 amide bonds. The van der Waals surface area contributed by atoms with Gasteiger partial charge in [-0.05, 0) is 43.3 Å². The molecule has 92 valence electrons. The van der Waals surface area contributed by atoms with Gasteiger partial charge in [-0.15, -0.1) is 11.3 Å². The molecule has 2 rings (SSSR count). The second-order valence-corrected chi connectivity index (χ2v) is 5.55. The van der Waals surface area contributed by atoms with E-state index >= 15 is 0 Å². The first-order chi connectivity index (χ1) is 8.15. The fourth-order valence-electron chi connectivity index (χ4n) is 1.76. The molecule has 0 aromatic carbocycles. The van der Waals surface area contributed by atoms with E-state index in [0.717, 1.165) is 13.1 Å². The van der Waals surface area contributed by atoms with Crippen molar-refractivity contribution < 1.29 is 0 Å². The molecule has 0 spiro atoms. The molecular weight excluding hydrogens is 230 g/mol. The van der Waals surface area contributed by atoms with Crippen molar-refractivity contribution in [1.29, 1.82) is 0 Å². The Morgan fingerprint density at radius 1 is 1.47 bits per heavy atom. The molecule has 2 heterocycles. The van der Waals surface area contributed by atoms with Gasteiger partial charge in [0.15, 0.2) is 0 Å². The zero-order valence-electron chi connectivity index (χ0n) is 10.6. The van der Waals surface area contributed by atoms with E-state index in [1.165, 1.54) is 16.0 Å². The topological polar surface area (TPSA) is 29.9 Å². The van der Waals surface area contributed by atoms with Crippen molar-refractivity contribution in [2.75, 3.05) is 0 Å². The lowest BCUT2D eigenvalue weighted by Gasteiger charge is -2.13. The molecule has 17 heavy (non-hydrogen) atoms. The smallest absolute Gasteiger partial charge is 0.0560 e. The summed E-state index contributed by atoms with van der Waals surface area (Å²) in [5, 5.41) is 9.98. The molecule has 3 nitrogen and oxygen atoms in total. The summed E-state index contributed by atoms with van der Waals surface area (Å²) in [4.78, 5) is 1.42. The molecule has 0 saturated heterocycles. The number of aryl methyl sites for hydroxylation is 2. The van der Waals surface area contributed by atoms with Crippen LogP contribution in [-0.4, -0.2) is 15.8 Å². The van der Waals surface area contributed by atoms with Crippen molar-refractivity contribution in [2.45, 2.75) is 39.9 Å². The SMILES string of the molecule is Cc1cnn(C[C@@H](C)NCc2sccc2C)c1. The Hall–Kier alpha value is -1.13. The summed E-state index contributed by atoms with van der Waals surface area (Å²) in [6.07, 6.45) is 3.98. The average molecular weight is 249 g/mol. The molecule has 0 unspecified atom stereocenters. The summed E-state index contributed by atoms with van der Waals surface area (Å²) in [7, 11) is 0. The quantitative estimate of drug-likeness (QED) is 0.883. The zero-order chi connectivity index (χ0) is 12.3. The summed E-state index contributed by atoms with van der Waals surface area (Å²) in [5.74, 6) is 0. The van der Waals surface area contributed by atoms with E-state index in [1.54, 1.807) is 0 Å². The van der Waals surface area contributed by atoms with E-state index in [9.17, 15) is 0 Å². The van der Waals surface area contributed by atoms with Crippen molar-refractivity contribution in [1.82, 2.24) is 15.1 Å². The van der Waals surface area contributed by atoms with Crippen LogP contribution in [0, 0.1) is 13.8 Å². The molecule has 2 aromatic heterocycles. The number of hydrogen-bond acceptors (Lipinski definition) is 3. The second-order valence-electron chi connectivity index (χ2n) is 4.55. The summed E-state index contributed by atoms with van der Waals surface area (Å²) in [5.41, 5.74) is 2.59. The molecule has 0 bridgehead atoms. The third-order valence-corrected chi connectivity index (χ3v) is 3.83. The summed E-state index contributed by atoms with van der Waals surface area (Å²) in [6.45, 7) is 8.29. The first-order valence-electron chi connectivity index (χ1n) is 5.90. The van der Waals surface area contributed by atoms with Crippen LogP contribution in [0.5, 0.6) is 0 Å². The largest absolute Gasteiger partial charge is 0.308 e. The maximum atomic E-state index is 4.30. The monoisotopic (exact) mass is 249 g/mol. The van der Waals surface area contributed by atoms with E-state index in [0.29, 0.717) is 6.04 Å². The molecule has 0 aliphatic rings. The maximum absolute atomic E-state index is 4.30. The van der Waals surface area contributed by atoms with Gasteiger partial charge < -0.3 is 5.32 Å². The molecule has 0 saturated carbocycles. The molecule has 4 heteroatoms. The summed E-state index contributed by atoms with van der Waals surface area (Å²) < 4.78 is 1.99. The minimum atomic E-state index is 0.427. The van der Waals surface area contributed by atoms with Crippen LogP contribution >= 0.6 is 11.3 Å². The van der Waals surface area contributed by atoms with Gasteiger partial charge >= 0.3 is 0 Å². The third-order valence-electron chi connectivity index (χ3n) is 2.80. The maximum Gasteiger partial charge on any atom is 0.0560 e. The lowest BCUT2D eigenvalue weighted by molar-refractivity contribution is 0.452. The highest BCUT2D eigenvalue weighted by atomic mass is 32.1. The Morgan fingerprint density at radius 3 is 2.88 bits per heavy atom. The highest BCUT2D eigenvalue weighted by Gasteiger charge is 2.05. The number of hydrogen-bond donors (Lipinski definition) is 1. The molecule has 0 aliphatic heterocycles. The van der Waals surface area contributed by atoms with Crippen molar-refractivity contribution in [3.8, 4) is 0 Å². The van der Waals surface area contributed by atoms with Crippen molar-refractivity contribution >= 4 is 11.3 Å². The Balaban J connectivity index is 1.82. The molecular formula is C13H19N3S. The van der Waals surface area contributed by atoms with Gasteiger partial charge in [0.05, 0.1) is 12.7 Å². The number of rotatable bonds is 5. The highest BCUT2D eigenvalue weighted by Crippen LogP contribution is 2.15.